The third kappa shape index (κ3) is 8.08. The van der Waals surface area contributed by atoms with E-state index in [1.54, 1.807) is 49.4 Å². The molecule has 224 valence electrons. The van der Waals surface area contributed by atoms with Gasteiger partial charge >= 0.3 is 0 Å². The van der Waals surface area contributed by atoms with Gasteiger partial charge in [0.05, 0.1) is 10.6 Å². The van der Waals surface area contributed by atoms with Crippen LogP contribution in [0.2, 0.25) is 0 Å². The summed E-state index contributed by atoms with van der Waals surface area (Å²) in [4.78, 5) is 29.2. The number of sulfonamides is 1. The van der Waals surface area contributed by atoms with E-state index in [4.69, 9.17) is 0 Å². The van der Waals surface area contributed by atoms with E-state index in [0.29, 0.717) is 17.8 Å². The summed E-state index contributed by atoms with van der Waals surface area (Å²) < 4.78 is 42.8. The Bertz CT molecular complexity index is 1600. The van der Waals surface area contributed by atoms with Gasteiger partial charge in [0.25, 0.3) is 10.0 Å². The Kier molecular flexibility index (Phi) is 10.7. The fourth-order valence-corrected chi connectivity index (χ4v) is 6.21. The molecule has 0 radical (unpaired) electrons. The maximum Gasteiger partial charge on any atom is 0.264 e. The highest BCUT2D eigenvalue weighted by atomic mass is 32.2. The van der Waals surface area contributed by atoms with Crippen molar-refractivity contribution < 1.29 is 22.4 Å². The van der Waals surface area contributed by atoms with E-state index in [1.807, 2.05) is 49.4 Å². The Morgan fingerprint density at radius 3 is 1.93 bits per heavy atom. The third-order valence-electron chi connectivity index (χ3n) is 7.13. The molecule has 7 nitrogen and oxygen atoms in total. The van der Waals surface area contributed by atoms with E-state index in [0.717, 1.165) is 21.9 Å². The first-order valence-corrected chi connectivity index (χ1v) is 15.7. The van der Waals surface area contributed by atoms with Crippen molar-refractivity contribution in [2.45, 2.75) is 44.2 Å². The highest BCUT2D eigenvalue weighted by Crippen LogP contribution is 2.25. The molecule has 0 aromatic heterocycles. The van der Waals surface area contributed by atoms with Crippen LogP contribution in [0, 0.1) is 5.82 Å². The molecule has 0 heterocycles. The van der Waals surface area contributed by atoms with Crippen molar-refractivity contribution in [3.8, 4) is 0 Å². The number of hydrogen-bond donors (Lipinski definition) is 1. The molecule has 4 aromatic carbocycles. The summed E-state index contributed by atoms with van der Waals surface area (Å²) >= 11 is 0. The number of amides is 2. The van der Waals surface area contributed by atoms with Crippen LogP contribution < -0.4 is 9.62 Å². The SMILES string of the molecule is CCNC(=O)[C@@H](Cc1ccccc1)N(Cc1ccc(F)cc1)C(=O)CN(c1ccc(CC)cc1)S(=O)(=O)c1ccccc1. The average Bonchev–Trinajstić information content (AvgIpc) is 3.03. The molecule has 4 rings (SSSR count). The summed E-state index contributed by atoms with van der Waals surface area (Å²) in [6.45, 7) is 3.56. The molecule has 0 unspecified atom stereocenters. The molecular formula is C34H36FN3O4S. The summed E-state index contributed by atoms with van der Waals surface area (Å²) in [6, 6.07) is 29.0. The molecule has 0 spiro atoms. The highest BCUT2D eigenvalue weighted by Gasteiger charge is 2.34. The molecule has 0 saturated heterocycles. The number of anilines is 1. The Morgan fingerprint density at radius 1 is 0.767 bits per heavy atom. The van der Waals surface area contributed by atoms with Gasteiger partial charge in [0.1, 0.15) is 18.4 Å². The van der Waals surface area contributed by atoms with Crippen LogP contribution in [-0.2, 0) is 39.0 Å². The second-order valence-electron chi connectivity index (χ2n) is 10.1. The number of carbonyl (C=O) groups is 2. The monoisotopic (exact) mass is 601 g/mol. The zero-order chi connectivity index (χ0) is 30.8. The molecule has 43 heavy (non-hydrogen) atoms. The lowest BCUT2D eigenvalue weighted by molar-refractivity contribution is -0.140. The van der Waals surface area contributed by atoms with E-state index in [-0.39, 0.29) is 23.8 Å². The maximum atomic E-state index is 14.3. The number of rotatable bonds is 13. The fraction of sp³-hybridized carbons (Fsp3) is 0.235. The molecule has 4 aromatic rings. The second kappa shape index (κ2) is 14.6. The van der Waals surface area contributed by atoms with Crippen LogP contribution in [0.15, 0.2) is 114 Å². The Morgan fingerprint density at radius 2 is 1.35 bits per heavy atom. The zero-order valence-electron chi connectivity index (χ0n) is 24.3. The van der Waals surface area contributed by atoms with Gasteiger partial charge in [0, 0.05) is 19.5 Å². The van der Waals surface area contributed by atoms with Crippen LogP contribution in [0.4, 0.5) is 10.1 Å². The van der Waals surface area contributed by atoms with E-state index in [9.17, 15) is 22.4 Å². The number of halogens is 1. The summed E-state index contributed by atoms with van der Waals surface area (Å²) in [7, 11) is -4.16. The molecule has 0 aliphatic carbocycles. The standard InChI is InChI=1S/C34H36FN3O4S/c1-3-26-17-21-30(22-18-26)38(43(41,42)31-13-9-6-10-14-31)25-33(39)37(24-28-15-19-29(35)20-16-28)32(34(40)36-4-2)23-27-11-7-5-8-12-27/h5-22,32H,3-4,23-25H2,1-2H3,(H,36,40)/t32-/m1/s1. The summed E-state index contributed by atoms with van der Waals surface area (Å²) in [5.41, 5.74) is 2.78. The van der Waals surface area contributed by atoms with E-state index in [1.165, 1.54) is 29.2 Å². The first-order valence-electron chi connectivity index (χ1n) is 14.2. The van der Waals surface area contributed by atoms with Crippen molar-refractivity contribution in [2.24, 2.45) is 0 Å². The molecule has 0 aliphatic rings. The number of likely N-dealkylation sites (N-methyl/N-ethyl adjacent to an activating group) is 1. The zero-order valence-corrected chi connectivity index (χ0v) is 25.1. The van der Waals surface area contributed by atoms with Gasteiger partial charge in [-0.2, -0.15) is 0 Å². The van der Waals surface area contributed by atoms with Crippen molar-refractivity contribution in [2.75, 3.05) is 17.4 Å². The number of aryl methyl sites for hydroxylation is 1. The van der Waals surface area contributed by atoms with Gasteiger partial charge in [-0.3, -0.25) is 13.9 Å². The van der Waals surface area contributed by atoms with Gasteiger partial charge in [-0.25, -0.2) is 12.8 Å². The minimum Gasteiger partial charge on any atom is -0.355 e. The third-order valence-corrected chi connectivity index (χ3v) is 8.92. The Labute approximate surface area is 253 Å². The molecule has 0 aliphatic heterocycles. The lowest BCUT2D eigenvalue weighted by atomic mass is 10.0. The summed E-state index contributed by atoms with van der Waals surface area (Å²) in [5, 5.41) is 2.83. The maximum absolute atomic E-state index is 14.3. The van der Waals surface area contributed by atoms with Gasteiger partial charge in [-0.05, 0) is 66.4 Å². The van der Waals surface area contributed by atoms with Crippen molar-refractivity contribution in [1.29, 1.82) is 0 Å². The Hall–Kier alpha value is -4.50. The number of nitrogens with one attached hydrogen (secondary N) is 1. The molecular weight excluding hydrogens is 565 g/mol. The second-order valence-corrected chi connectivity index (χ2v) is 12.0. The quantitative estimate of drug-likeness (QED) is 0.224. The predicted octanol–water partition coefficient (Wildman–Crippen LogP) is 5.36. The van der Waals surface area contributed by atoms with Crippen LogP contribution in [0.25, 0.3) is 0 Å². The first-order chi connectivity index (χ1) is 20.7. The molecule has 1 N–H and O–H groups in total. The predicted molar refractivity (Wildman–Crippen MR) is 166 cm³/mol. The van der Waals surface area contributed by atoms with E-state index >= 15 is 0 Å². The lowest BCUT2D eigenvalue weighted by Gasteiger charge is -2.33. The molecule has 0 fully saturated rings. The smallest absolute Gasteiger partial charge is 0.264 e. The molecule has 9 heteroatoms. The molecule has 2 amide bonds. The summed E-state index contributed by atoms with van der Waals surface area (Å²) in [5.74, 6) is -1.37. The van der Waals surface area contributed by atoms with Gasteiger partial charge in [-0.15, -0.1) is 0 Å². The van der Waals surface area contributed by atoms with Crippen molar-refractivity contribution >= 4 is 27.5 Å². The topological polar surface area (TPSA) is 86.8 Å². The average molecular weight is 602 g/mol. The van der Waals surface area contributed by atoms with E-state index < -0.39 is 34.3 Å². The molecule has 1 atom stereocenters. The van der Waals surface area contributed by atoms with Crippen LogP contribution >= 0.6 is 0 Å². The van der Waals surface area contributed by atoms with Crippen LogP contribution in [0.3, 0.4) is 0 Å². The molecule has 0 bridgehead atoms. The van der Waals surface area contributed by atoms with Crippen molar-refractivity contribution in [3.05, 3.63) is 132 Å². The number of benzene rings is 4. The fourth-order valence-electron chi connectivity index (χ4n) is 4.78. The normalized spacial score (nSPS) is 11.9. The van der Waals surface area contributed by atoms with Gasteiger partial charge < -0.3 is 10.2 Å². The number of nitrogens with zero attached hydrogens (tertiary/aromatic N) is 2. The summed E-state index contributed by atoms with van der Waals surface area (Å²) in [6.07, 6.45) is 0.972. The van der Waals surface area contributed by atoms with Crippen molar-refractivity contribution in [1.82, 2.24) is 10.2 Å². The van der Waals surface area contributed by atoms with Crippen LogP contribution in [0.1, 0.15) is 30.5 Å². The van der Waals surface area contributed by atoms with Gasteiger partial charge in [0.2, 0.25) is 11.8 Å². The minimum absolute atomic E-state index is 0.0260. The minimum atomic E-state index is -4.16. The van der Waals surface area contributed by atoms with Crippen molar-refractivity contribution in [3.63, 3.8) is 0 Å². The van der Waals surface area contributed by atoms with Crippen LogP contribution in [-0.4, -0.2) is 44.3 Å². The van der Waals surface area contributed by atoms with E-state index in [2.05, 4.69) is 5.32 Å². The number of hydrogen-bond acceptors (Lipinski definition) is 4. The highest BCUT2D eigenvalue weighted by molar-refractivity contribution is 7.92. The van der Waals surface area contributed by atoms with Gasteiger partial charge in [0.15, 0.2) is 0 Å². The largest absolute Gasteiger partial charge is 0.355 e. The first kappa shape index (κ1) is 31.4. The Balaban J connectivity index is 1.78. The van der Waals surface area contributed by atoms with Gasteiger partial charge in [-0.1, -0.05) is 79.7 Å². The number of carbonyl (C=O) groups excluding carboxylic acids is 2. The lowest BCUT2D eigenvalue weighted by Crippen LogP contribution is -2.53. The molecule has 0 saturated carbocycles. The van der Waals surface area contributed by atoms with Crippen LogP contribution in [0.5, 0.6) is 0 Å².